The molecular weight excluding hydrogens is 383 g/mol. The number of benzene rings is 2. The Hall–Kier alpha value is -1.34. The number of hydrogen-bond acceptors (Lipinski definition) is 5. The van der Waals surface area contributed by atoms with Gasteiger partial charge in [-0.2, -0.15) is 0 Å². The molecular formula is C19H25N2O4PS. The van der Waals surface area contributed by atoms with Crippen LogP contribution in [0, 0.1) is 6.92 Å². The Labute approximate surface area is 163 Å². The molecule has 146 valence electrons. The van der Waals surface area contributed by atoms with Crippen LogP contribution in [0.25, 0.3) is 0 Å². The highest BCUT2D eigenvalue weighted by molar-refractivity contribution is 7.83. The first-order valence-corrected chi connectivity index (χ1v) is 11.5. The number of nitrogens with one attached hydrogen (secondary N) is 1. The van der Waals surface area contributed by atoms with E-state index in [4.69, 9.17) is 9.05 Å². The fraction of sp³-hybridized carbons (Fsp3) is 0.368. The molecule has 1 aliphatic heterocycles. The molecule has 2 aromatic rings. The van der Waals surface area contributed by atoms with Crippen LogP contribution in [0.15, 0.2) is 59.5 Å². The van der Waals surface area contributed by atoms with E-state index in [-0.39, 0.29) is 6.04 Å². The predicted molar refractivity (Wildman–Crippen MR) is 107 cm³/mol. The molecule has 0 spiro atoms. The van der Waals surface area contributed by atoms with Crippen LogP contribution < -0.4 is 4.72 Å². The van der Waals surface area contributed by atoms with Crippen molar-refractivity contribution in [2.24, 2.45) is 0 Å². The van der Waals surface area contributed by atoms with Crippen LogP contribution >= 0.6 is 7.60 Å². The molecule has 1 aliphatic rings. The largest absolute Gasteiger partial charge is 0.349 e. The SMILES string of the molecule is COP(=O)(OC)[C@H](NS(=O)c1ccc(C)cc1)[C@H]1CN1Cc1ccccc1. The molecule has 1 heterocycles. The van der Waals surface area contributed by atoms with E-state index in [0.717, 1.165) is 18.7 Å². The van der Waals surface area contributed by atoms with E-state index >= 15 is 0 Å². The lowest BCUT2D eigenvalue weighted by molar-refractivity contribution is 0.259. The molecule has 0 aromatic heterocycles. The Bertz CT molecular complexity index is 823. The summed E-state index contributed by atoms with van der Waals surface area (Å²) in [5, 5.41) is 0. The van der Waals surface area contributed by atoms with Gasteiger partial charge in [-0.3, -0.25) is 9.46 Å². The minimum absolute atomic E-state index is 0.0784. The van der Waals surface area contributed by atoms with Crippen LogP contribution in [0.2, 0.25) is 0 Å². The molecule has 27 heavy (non-hydrogen) atoms. The van der Waals surface area contributed by atoms with Gasteiger partial charge in [0.1, 0.15) is 16.8 Å². The van der Waals surface area contributed by atoms with Gasteiger partial charge >= 0.3 is 7.60 Å². The highest BCUT2D eigenvalue weighted by atomic mass is 32.2. The Morgan fingerprint density at radius 3 is 2.37 bits per heavy atom. The van der Waals surface area contributed by atoms with Gasteiger partial charge in [-0.05, 0) is 24.6 Å². The van der Waals surface area contributed by atoms with E-state index in [9.17, 15) is 8.77 Å². The molecule has 0 aliphatic carbocycles. The van der Waals surface area contributed by atoms with Gasteiger partial charge in [-0.25, -0.2) is 8.93 Å². The van der Waals surface area contributed by atoms with Crippen molar-refractivity contribution in [2.75, 3.05) is 20.8 Å². The molecule has 3 rings (SSSR count). The van der Waals surface area contributed by atoms with Crippen molar-refractivity contribution >= 4 is 18.6 Å². The number of hydrogen-bond donors (Lipinski definition) is 1. The molecule has 2 unspecified atom stereocenters. The van der Waals surface area contributed by atoms with Crippen molar-refractivity contribution in [2.45, 2.75) is 30.2 Å². The summed E-state index contributed by atoms with van der Waals surface area (Å²) in [4.78, 5) is 2.78. The van der Waals surface area contributed by atoms with E-state index in [1.165, 1.54) is 19.8 Å². The maximum Gasteiger partial charge on any atom is 0.349 e. The van der Waals surface area contributed by atoms with Gasteiger partial charge in [0.15, 0.2) is 0 Å². The Balaban J connectivity index is 1.75. The second-order valence-electron chi connectivity index (χ2n) is 6.53. The van der Waals surface area contributed by atoms with E-state index in [1.54, 1.807) is 12.1 Å². The van der Waals surface area contributed by atoms with Gasteiger partial charge < -0.3 is 9.05 Å². The monoisotopic (exact) mass is 408 g/mol. The van der Waals surface area contributed by atoms with E-state index in [1.807, 2.05) is 37.3 Å². The number of aryl methyl sites for hydroxylation is 1. The summed E-state index contributed by atoms with van der Waals surface area (Å²) in [6.07, 6.45) is 0. The first-order valence-electron chi connectivity index (χ1n) is 8.70. The molecule has 0 amide bonds. The van der Waals surface area contributed by atoms with Crippen LogP contribution in [-0.4, -0.2) is 41.7 Å². The number of rotatable bonds is 9. The minimum Gasteiger partial charge on any atom is -0.311 e. The molecule has 1 fully saturated rings. The summed E-state index contributed by atoms with van der Waals surface area (Å²) in [5.74, 6) is -0.682. The van der Waals surface area contributed by atoms with Crippen LogP contribution in [-0.2, 0) is 31.1 Å². The van der Waals surface area contributed by atoms with Crippen molar-refractivity contribution in [1.82, 2.24) is 9.62 Å². The summed E-state index contributed by atoms with van der Waals surface area (Å²) in [7, 11) is -2.26. The summed E-state index contributed by atoms with van der Waals surface area (Å²) in [5.41, 5.74) is 2.26. The first kappa shape index (κ1) is 20.4. The molecule has 1 N–H and O–H groups in total. The smallest absolute Gasteiger partial charge is 0.311 e. The molecule has 8 heteroatoms. The zero-order valence-corrected chi connectivity index (χ0v) is 17.4. The third-order valence-corrected chi connectivity index (χ3v) is 8.18. The lowest BCUT2D eigenvalue weighted by Gasteiger charge is -2.25. The van der Waals surface area contributed by atoms with Crippen molar-refractivity contribution in [3.63, 3.8) is 0 Å². The molecule has 6 nitrogen and oxygen atoms in total. The lowest BCUT2D eigenvalue weighted by Crippen LogP contribution is -2.37. The highest BCUT2D eigenvalue weighted by Gasteiger charge is 2.51. The van der Waals surface area contributed by atoms with Crippen LogP contribution in [0.3, 0.4) is 0 Å². The topological polar surface area (TPSA) is 67.6 Å². The fourth-order valence-electron chi connectivity index (χ4n) is 2.99. The van der Waals surface area contributed by atoms with Gasteiger partial charge in [0.2, 0.25) is 0 Å². The summed E-state index contributed by atoms with van der Waals surface area (Å²) < 4.78 is 39.3. The molecule has 4 atom stereocenters. The third kappa shape index (κ3) is 4.93. The highest BCUT2D eigenvalue weighted by Crippen LogP contribution is 2.55. The maximum absolute atomic E-state index is 13.1. The molecule has 0 saturated carbocycles. The van der Waals surface area contributed by atoms with Crippen molar-refractivity contribution in [3.05, 3.63) is 65.7 Å². The van der Waals surface area contributed by atoms with Gasteiger partial charge in [-0.15, -0.1) is 0 Å². The van der Waals surface area contributed by atoms with E-state index in [0.29, 0.717) is 4.90 Å². The molecule has 2 aromatic carbocycles. The van der Waals surface area contributed by atoms with Gasteiger partial charge in [0.25, 0.3) is 0 Å². The number of nitrogens with zero attached hydrogens (tertiary/aromatic N) is 1. The van der Waals surface area contributed by atoms with E-state index < -0.39 is 24.4 Å². The zero-order valence-electron chi connectivity index (χ0n) is 15.7. The Kier molecular flexibility index (Phi) is 6.63. The summed E-state index contributed by atoms with van der Waals surface area (Å²) in [6.45, 7) is 3.43. The first-order chi connectivity index (χ1) is 13.0. The van der Waals surface area contributed by atoms with Gasteiger partial charge in [0.05, 0.1) is 10.9 Å². The normalized spacial score (nSPS) is 21.6. The van der Waals surface area contributed by atoms with Crippen molar-refractivity contribution < 1.29 is 17.8 Å². The van der Waals surface area contributed by atoms with Gasteiger partial charge in [0, 0.05) is 27.3 Å². The maximum atomic E-state index is 13.1. The Morgan fingerprint density at radius 1 is 1.15 bits per heavy atom. The third-order valence-electron chi connectivity index (χ3n) is 4.66. The molecule has 0 radical (unpaired) electrons. The summed E-state index contributed by atoms with van der Waals surface area (Å²) >= 11 is 0. The zero-order chi connectivity index (χ0) is 19.4. The molecule has 1 saturated heterocycles. The average molecular weight is 408 g/mol. The quantitative estimate of drug-likeness (QED) is 0.509. The lowest BCUT2D eigenvalue weighted by atomic mass is 10.2. The van der Waals surface area contributed by atoms with Crippen LogP contribution in [0.4, 0.5) is 0 Å². The standard InChI is InChI=1S/C19H25N2O4PS/c1-15-9-11-17(12-10-15)27(23)20-19(26(22,24-2)25-3)18-14-21(18)13-16-7-5-4-6-8-16/h4-12,18-20H,13-14H2,1-3H3/t18-,19+,21?,27?/m1/s1. The van der Waals surface area contributed by atoms with E-state index in [2.05, 4.69) is 21.8 Å². The van der Waals surface area contributed by atoms with Crippen LogP contribution in [0.1, 0.15) is 11.1 Å². The van der Waals surface area contributed by atoms with Crippen molar-refractivity contribution in [1.29, 1.82) is 0 Å². The average Bonchev–Trinajstić information content (AvgIpc) is 3.45. The minimum atomic E-state index is -3.46. The summed E-state index contributed by atoms with van der Waals surface area (Å²) in [6, 6.07) is 17.4. The second-order valence-corrected chi connectivity index (χ2v) is 10.1. The fourth-order valence-corrected chi connectivity index (χ4v) is 5.99. The molecule has 0 bridgehead atoms. The Morgan fingerprint density at radius 2 is 1.78 bits per heavy atom. The van der Waals surface area contributed by atoms with Crippen LogP contribution in [0.5, 0.6) is 0 Å². The predicted octanol–water partition coefficient (Wildman–Crippen LogP) is 3.30. The van der Waals surface area contributed by atoms with Crippen molar-refractivity contribution in [3.8, 4) is 0 Å². The second kappa shape index (κ2) is 8.78. The van der Waals surface area contributed by atoms with Gasteiger partial charge in [-0.1, -0.05) is 48.0 Å².